The van der Waals surface area contributed by atoms with Crippen molar-refractivity contribution >= 4 is 27.5 Å². The molecule has 1 aromatic heterocycles. The molecule has 0 bridgehead atoms. The van der Waals surface area contributed by atoms with Crippen LogP contribution in [-0.4, -0.2) is 97.8 Å². The maximum atomic E-state index is 13.1. The predicted molar refractivity (Wildman–Crippen MR) is 128 cm³/mol. The first-order chi connectivity index (χ1) is 16.7. The van der Waals surface area contributed by atoms with E-state index in [9.17, 15) is 23.1 Å². The number of rotatable bonds is 7. The first-order valence-corrected chi connectivity index (χ1v) is 12.7. The van der Waals surface area contributed by atoms with Crippen LogP contribution in [0, 0.1) is 0 Å². The summed E-state index contributed by atoms with van der Waals surface area (Å²) in [7, 11) is -0.802. The second kappa shape index (κ2) is 10.2. The van der Waals surface area contributed by atoms with E-state index in [1.54, 1.807) is 24.5 Å². The van der Waals surface area contributed by atoms with E-state index in [2.05, 4.69) is 9.88 Å². The van der Waals surface area contributed by atoms with Crippen LogP contribution in [0.1, 0.15) is 17.2 Å². The molecule has 0 radical (unpaired) electrons. The average Bonchev–Trinajstić information content (AvgIpc) is 3.13. The number of Topliss-reactive ketones (excluding diaryl/α,β-unsaturated/α-hetero) is 1. The zero-order chi connectivity index (χ0) is 25.2. The van der Waals surface area contributed by atoms with Crippen molar-refractivity contribution in [3.8, 4) is 0 Å². The SMILES string of the molecule is CN(C)S(=O)(=O)c1ccc(/C(O)=C2\C(=O)C(=O)N(CCN3CCOCC3)C2c2cccnc2)cc1. The highest BCUT2D eigenvalue weighted by molar-refractivity contribution is 7.89. The van der Waals surface area contributed by atoms with Crippen molar-refractivity contribution in [3.63, 3.8) is 0 Å². The Morgan fingerprint density at radius 2 is 1.80 bits per heavy atom. The average molecular weight is 501 g/mol. The highest BCUT2D eigenvalue weighted by Gasteiger charge is 2.46. The minimum Gasteiger partial charge on any atom is -0.507 e. The normalized spacial score (nSPS) is 21.1. The first-order valence-electron chi connectivity index (χ1n) is 11.2. The highest BCUT2D eigenvalue weighted by Crippen LogP contribution is 2.39. The van der Waals surface area contributed by atoms with Gasteiger partial charge in [0, 0.05) is 58.2 Å². The van der Waals surface area contributed by atoms with E-state index in [4.69, 9.17) is 4.74 Å². The fourth-order valence-corrected chi connectivity index (χ4v) is 5.12. The number of benzene rings is 1. The number of sulfonamides is 1. The second-order valence-electron chi connectivity index (χ2n) is 8.54. The number of likely N-dealkylation sites (tertiary alicyclic amines) is 1. The molecule has 0 aliphatic carbocycles. The number of nitrogens with zero attached hydrogens (tertiary/aromatic N) is 4. The van der Waals surface area contributed by atoms with Gasteiger partial charge < -0.3 is 14.7 Å². The third-order valence-corrected chi connectivity index (χ3v) is 8.04. The van der Waals surface area contributed by atoms with Crippen LogP contribution >= 0.6 is 0 Å². The van der Waals surface area contributed by atoms with Gasteiger partial charge in [0.1, 0.15) is 5.76 Å². The molecule has 1 aromatic carbocycles. The van der Waals surface area contributed by atoms with Gasteiger partial charge in [0.05, 0.1) is 29.7 Å². The van der Waals surface area contributed by atoms with Crippen molar-refractivity contribution in [2.45, 2.75) is 10.9 Å². The van der Waals surface area contributed by atoms with E-state index in [1.165, 1.54) is 43.3 Å². The Balaban J connectivity index is 1.71. The summed E-state index contributed by atoms with van der Waals surface area (Å²) >= 11 is 0. The van der Waals surface area contributed by atoms with Gasteiger partial charge in [-0.3, -0.25) is 19.5 Å². The van der Waals surface area contributed by atoms with Gasteiger partial charge in [0.2, 0.25) is 10.0 Å². The molecule has 1 atom stereocenters. The lowest BCUT2D eigenvalue weighted by atomic mass is 9.96. The molecule has 2 aliphatic heterocycles. The molecule has 0 spiro atoms. The molecular weight excluding hydrogens is 472 g/mol. The summed E-state index contributed by atoms with van der Waals surface area (Å²) in [4.78, 5) is 34.0. The molecule has 10 nitrogen and oxygen atoms in total. The van der Waals surface area contributed by atoms with Gasteiger partial charge >= 0.3 is 0 Å². The smallest absolute Gasteiger partial charge is 0.295 e. The molecule has 3 heterocycles. The van der Waals surface area contributed by atoms with Crippen LogP contribution in [0.3, 0.4) is 0 Å². The van der Waals surface area contributed by atoms with Gasteiger partial charge in [-0.1, -0.05) is 6.07 Å². The van der Waals surface area contributed by atoms with Gasteiger partial charge in [-0.05, 0) is 35.9 Å². The van der Waals surface area contributed by atoms with E-state index in [-0.39, 0.29) is 21.8 Å². The first kappa shape index (κ1) is 25.0. The molecule has 4 rings (SSSR count). The van der Waals surface area contributed by atoms with E-state index in [1.807, 2.05) is 0 Å². The maximum Gasteiger partial charge on any atom is 0.295 e. The topological polar surface area (TPSA) is 120 Å². The number of aliphatic hydroxyl groups is 1. The number of aliphatic hydroxyl groups excluding tert-OH is 1. The summed E-state index contributed by atoms with van der Waals surface area (Å²) in [5, 5.41) is 11.2. The Morgan fingerprint density at radius 1 is 1.11 bits per heavy atom. The Bertz CT molecular complexity index is 1220. The standard InChI is InChI=1S/C24H28N4O6S/c1-26(2)35(32,33)19-7-5-17(6-8-19)22(29)20-21(18-4-3-9-25-16-18)28(24(31)23(20)30)11-10-27-12-14-34-15-13-27/h3-9,16,21,29H,10-15H2,1-2H3/b22-20+. The summed E-state index contributed by atoms with van der Waals surface area (Å²) in [6, 6.07) is 8.22. The van der Waals surface area contributed by atoms with Gasteiger partial charge in [-0.25, -0.2) is 12.7 Å². The fourth-order valence-electron chi connectivity index (χ4n) is 4.22. The molecule has 2 saturated heterocycles. The lowest BCUT2D eigenvalue weighted by Gasteiger charge is -2.30. The van der Waals surface area contributed by atoms with Crippen molar-refractivity contribution in [3.05, 3.63) is 65.5 Å². The lowest BCUT2D eigenvalue weighted by Crippen LogP contribution is -2.42. The highest BCUT2D eigenvalue weighted by atomic mass is 32.2. The molecule has 2 aliphatic rings. The largest absolute Gasteiger partial charge is 0.507 e. The molecule has 2 aromatic rings. The van der Waals surface area contributed by atoms with Crippen LogP contribution < -0.4 is 0 Å². The molecule has 186 valence electrons. The van der Waals surface area contributed by atoms with Crippen LogP contribution in [0.25, 0.3) is 5.76 Å². The molecule has 1 unspecified atom stereocenters. The van der Waals surface area contributed by atoms with Gasteiger partial charge in [0.25, 0.3) is 11.7 Å². The maximum absolute atomic E-state index is 13.1. The van der Waals surface area contributed by atoms with E-state index in [0.29, 0.717) is 31.9 Å². The number of hydrogen-bond acceptors (Lipinski definition) is 8. The second-order valence-corrected chi connectivity index (χ2v) is 10.7. The number of hydrogen-bond donors (Lipinski definition) is 1. The quantitative estimate of drug-likeness (QED) is 0.341. The number of carbonyl (C=O) groups is 2. The molecule has 1 N–H and O–H groups in total. The monoisotopic (exact) mass is 500 g/mol. The summed E-state index contributed by atoms with van der Waals surface area (Å²) in [6.45, 7) is 3.56. The summed E-state index contributed by atoms with van der Waals surface area (Å²) < 4.78 is 31.2. The van der Waals surface area contributed by atoms with Gasteiger partial charge in [-0.15, -0.1) is 0 Å². The summed E-state index contributed by atoms with van der Waals surface area (Å²) in [5.41, 5.74) is 0.790. The zero-order valence-electron chi connectivity index (χ0n) is 19.6. The third kappa shape index (κ3) is 4.98. The van der Waals surface area contributed by atoms with Crippen molar-refractivity contribution in [2.24, 2.45) is 0 Å². The Hall–Kier alpha value is -3.12. The number of morpholine rings is 1. The van der Waals surface area contributed by atoms with Crippen molar-refractivity contribution < 1.29 is 27.9 Å². The fraction of sp³-hybridized carbons (Fsp3) is 0.375. The summed E-state index contributed by atoms with van der Waals surface area (Å²) in [6.07, 6.45) is 3.16. The molecule has 2 fully saturated rings. The van der Waals surface area contributed by atoms with Crippen molar-refractivity contribution in [2.75, 3.05) is 53.5 Å². The van der Waals surface area contributed by atoms with E-state index < -0.39 is 27.8 Å². The van der Waals surface area contributed by atoms with Gasteiger partial charge in [0.15, 0.2) is 0 Å². The number of carbonyl (C=O) groups excluding carboxylic acids is 2. The molecule has 35 heavy (non-hydrogen) atoms. The predicted octanol–water partition coefficient (Wildman–Crippen LogP) is 1.09. The molecule has 0 saturated carbocycles. The van der Waals surface area contributed by atoms with Gasteiger partial charge in [-0.2, -0.15) is 0 Å². The number of pyridine rings is 1. The summed E-state index contributed by atoms with van der Waals surface area (Å²) in [5.74, 6) is -1.84. The number of amides is 1. The lowest BCUT2D eigenvalue weighted by molar-refractivity contribution is -0.140. The minimum atomic E-state index is -3.65. The van der Waals surface area contributed by atoms with Crippen LogP contribution in [0.4, 0.5) is 0 Å². The Kier molecular flexibility index (Phi) is 7.31. The van der Waals surface area contributed by atoms with E-state index in [0.717, 1.165) is 17.4 Å². The Labute approximate surface area is 204 Å². The van der Waals surface area contributed by atoms with Crippen LogP contribution in [0.5, 0.6) is 0 Å². The molecular formula is C24H28N4O6S. The number of ketones is 1. The Morgan fingerprint density at radius 3 is 2.40 bits per heavy atom. The number of ether oxygens (including phenoxy) is 1. The number of aromatic nitrogens is 1. The van der Waals surface area contributed by atoms with Crippen LogP contribution in [0.2, 0.25) is 0 Å². The molecule has 11 heteroatoms. The van der Waals surface area contributed by atoms with Crippen molar-refractivity contribution in [1.29, 1.82) is 0 Å². The molecule has 1 amide bonds. The third-order valence-electron chi connectivity index (χ3n) is 6.21. The van der Waals surface area contributed by atoms with E-state index >= 15 is 0 Å². The van der Waals surface area contributed by atoms with Crippen LogP contribution in [-0.2, 0) is 24.3 Å². The van der Waals surface area contributed by atoms with Crippen LogP contribution in [0.15, 0.2) is 59.3 Å². The zero-order valence-corrected chi connectivity index (χ0v) is 20.4. The van der Waals surface area contributed by atoms with Crippen molar-refractivity contribution in [1.82, 2.24) is 19.1 Å². The minimum absolute atomic E-state index is 0.0480.